The largest absolute Gasteiger partial charge is 0.349 e. The fourth-order valence-electron chi connectivity index (χ4n) is 2.34. The molecule has 1 aromatic carbocycles. The molecule has 2 rings (SSSR count). The normalized spacial score (nSPS) is 22.3. The molecular weight excluding hydrogens is 265 g/mol. The topological polar surface area (TPSA) is 84.3 Å². The Morgan fingerprint density at radius 2 is 2.25 bits per heavy atom. The van der Waals surface area contributed by atoms with Crippen LogP contribution in [0.2, 0.25) is 0 Å². The maximum atomic E-state index is 13.3. The van der Waals surface area contributed by atoms with Crippen molar-refractivity contribution in [1.82, 2.24) is 10.6 Å². The molecule has 1 aliphatic rings. The molecule has 2 N–H and O–H groups in total. The van der Waals surface area contributed by atoms with Crippen LogP contribution in [-0.4, -0.2) is 29.5 Å². The smallest absolute Gasteiger partial charge is 0.273 e. The second-order valence-corrected chi connectivity index (χ2v) is 5.01. The van der Waals surface area contributed by atoms with Crippen molar-refractivity contribution in [3.8, 4) is 0 Å². The van der Waals surface area contributed by atoms with E-state index in [4.69, 9.17) is 0 Å². The fraction of sp³-hybridized carbons (Fsp3) is 0.462. The summed E-state index contributed by atoms with van der Waals surface area (Å²) >= 11 is 0. The lowest BCUT2D eigenvalue weighted by Gasteiger charge is -2.28. The van der Waals surface area contributed by atoms with Crippen molar-refractivity contribution in [2.45, 2.75) is 31.8 Å². The van der Waals surface area contributed by atoms with Crippen LogP contribution >= 0.6 is 0 Å². The van der Waals surface area contributed by atoms with E-state index in [1.807, 2.05) is 6.92 Å². The van der Waals surface area contributed by atoms with Gasteiger partial charge in [-0.1, -0.05) is 0 Å². The average Bonchev–Trinajstić information content (AvgIpc) is 2.37. The molecule has 108 valence electrons. The van der Waals surface area contributed by atoms with Crippen LogP contribution in [-0.2, 0) is 0 Å². The van der Waals surface area contributed by atoms with Gasteiger partial charge in [-0.2, -0.15) is 0 Å². The number of amides is 1. The molecule has 2 atom stereocenters. The Balaban J connectivity index is 2.10. The molecule has 6 nitrogen and oxygen atoms in total. The number of hydrogen-bond donors (Lipinski definition) is 2. The number of piperidine rings is 1. The molecule has 1 aromatic rings. The van der Waals surface area contributed by atoms with E-state index in [1.165, 1.54) is 0 Å². The van der Waals surface area contributed by atoms with Crippen LogP contribution in [0.3, 0.4) is 0 Å². The van der Waals surface area contributed by atoms with E-state index in [1.54, 1.807) is 0 Å². The van der Waals surface area contributed by atoms with Gasteiger partial charge in [0.25, 0.3) is 11.6 Å². The predicted molar refractivity (Wildman–Crippen MR) is 71.0 cm³/mol. The third-order valence-electron chi connectivity index (χ3n) is 3.31. The van der Waals surface area contributed by atoms with Gasteiger partial charge >= 0.3 is 0 Å². The third-order valence-corrected chi connectivity index (χ3v) is 3.31. The van der Waals surface area contributed by atoms with Crippen molar-refractivity contribution in [2.75, 3.05) is 6.54 Å². The second-order valence-electron chi connectivity index (χ2n) is 5.01. The van der Waals surface area contributed by atoms with Gasteiger partial charge in [-0.25, -0.2) is 4.39 Å². The van der Waals surface area contributed by atoms with Gasteiger partial charge in [0.1, 0.15) is 5.82 Å². The zero-order valence-electron chi connectivity index (χ0n) is 11.1. The summed E-state index contributed by atoms with van der Waals surface area (Å²) < 4.78 is 13.3. The first kappa shape index (κ1) is 14.4. The average molecular weight is 281 g/mol. The summed E-state index contributed by atoms with van der Waals surface area (Å²) in [4.78, 5) is 22.0. The standard InChI is InChI=1S/C13H16FN3O3/c1-8-4-11(2-3-15-8)16-13(18)9-5-10(14)7-12(6-9)17(19)20/h5-8,11,15H,2-4H2,1H3,(H,16,18). The summed E-state index contributed by atoms with van der Waals surface area (Å²) in [5, 5.41) is 16.7. The lowest BCUT2D eigenvalue weighted by atomic mass is 10.00. The highest BCUT2D eigenvalue weighted by Gasteiger charge is 2.22. The maximum absolute atomic E-state index is 13.3. The zero-order valence-corrected chi connectivity index (χ0v) is 11.1. The zero-order chi connectivity index (χ0) is 14.7. The van der Waals surface area contributed by atoms with E-state index in [2.05, 4.69) is 10.6 Å². The minimum atomic E-state index is -0.789. The van der Waals surface area contributed by atoms with Gasteiger partial charge in [-0.15, -0.1) is 0 Å². The highest BCUT2D eigenvalue weighted by Crippen LogP contribution is 2.17. The summed E-state index contributed by atoms with van der Waals surface area (Å²) in [5.74, 6) is -1.27. The number of nitrogens with one attached hydrogen (secondary N) is 2. The van der Waals surface area contributed by atoms with Crippen molar-refractivity contribution in [3.05, 3.63) is 39.7 Å². The van der Waals surface area contributed by atoms with E-state index in [0.29, 0.717) is 6.04 Å². The second kappa shape index (κ2) is 5.96. The van der Waals surface area contributed by atoms with E-state index in [0.717, 1.165) is 37.6 Å². The lowest BCUT2D eigenvalue weighted by molar-refractivity contribution is -0.385. The predicted octanol–water partition coefficient (Wildman–Crippen LogP) is 1.60. The van der Waals surface area contributed by atoms with E-state index in [-0.39, 0.29) is 11.6 Å². The third kappa shape index (κ3) is 3.51. The van der Waals surface area contributed by atoms with Gasteiger partial charge in [-0.3, -0.25) is 14.9 Å². The van der Waals surface area contributed by atoms with Crippen molar-refractivity contribution in [2.24, 2.45) is 0 Å². The number of hydrogen-bond acceptors (Lipinski definition) is 4. The van der Waals surface area contributed by atoms with E-state index < -0.39 is 22.3 Å². The first-order valence-electron chi connectivity index (χ1n) is 6.45. The molecule has 0 bridgehead atoms. The number of carbonyl (C=O) groups is 1. The monoisotopic (exact) mass is 281 g/mol. The molecule has 7 heteroatoms. The summed E-state index contributed by atoms with van der Waals surface area (Å²) in [6.07, 6.45) is 1.57. The van der Waals surface area contributed by atoms with Crippen molar-refractivity contribution >= 4 is 11.6 Å². The maximum Gasteiger partial charge on any atom is 0.273 e. The molecule has 20 heavy (non-hydrogen) atoms. The minimum Gasteiger partial charge on any atom is -0.349 e. The Kier molecular flexibility index (Phi) is 4.29. The van der Waals surface area contributed by atoms with Crippen LogP contribution in [0.5, 0.6) is 0 Å². The molecule has 0 spiro atoms. The quantitative estimate of drug-likeness (QED) is 0.651. The minimum absolute atomic E-state index is 0.000994. The molecule has 1 aliphatic heterocycles. The van der Waals surface area contributed by atoms with Crippen molar-refractivity contribution in [1.29, 1.82) is 0 Å². The summed E-state index contributed by atoms with van der Waals surface area (Å²) in [5.41, 5.74) is -0.447. The van der Waals surface area contributed by atoms with Crippen LogP contribution < -0.4 is 10.6 Å². The first-order chi connectivity index (χ1) is 9.45. The number of rotatable bonds is 3. The van der Waals surface area contributed by atoms with E-state index >= 15 is 0 Å². The van der Waals surface area contributed by atoms with Crippen LogP contribution in [0.1, 0.15) is 30.1 Å². The first-order valence-corrected chi connectivity index (χ1v) is 6.45. The van der Waals surface area contributed by atoms with Crippen molar-refractivity contribution in [3.63, 3.8) is 0 Å². The van der Waals surface area contributed by atoms with Crippen LogP contribution in [0, 0.1) is 15.9 Å². The highest BCUT2D eigenvalue weighted by molar-refractivity contribution is 5.95. The summed E-state index contributed by atoms with van der Waals surface area (Å²) in [7, 11) is 0. The number of nitro benzene ring substituents is 1. The Morgan fingerprint density at radius 3 is 2.90 bits per heavy atom. The Hall–Kier alpha value is -2.02. The summed E-state index contributed by atoms with van der Waals surface area (Å²) in [6, 6.07) is 3.19. The van der Waals surface area contributed by atoms with Crippen LogP contribution in [0.4, 0.5) is 10.1 Å². The highest BCUT2D eigenvalue weighted by atomic mass is 19.1. The van der Waals surface area contributed by atoms with Gasteiger partial charge in [0.05, 0.1) is 11.0 Å². The molecule has 0 radical (unpaired) electrons. The van der Waals surface area contributed by atoms with Gasteiger partial charge in [0.2, 0.25) is 0 Å². The Bertz CT molecular complexity index is 536. The van der Waals surface area contributed by atoms with Crippen LogP contribution in [0.25, 0.3) is 0 Å². The Labute approximate surface area is 115 Å². The van der Waals surface area contributed by atoms with Gasteiger partial charge < -0.3 is 10.6 Å². The molecule has 1 heterocycles. The summed E-state index contributed by atoms with van der Waals surface area (Å²) in [6.45, 7) is 2.82. The number of benzene rings is 1. The molecular formula is C13H16FN3O3. The molecule has 0 saturated carbocycles. The number of carbonyl (C=O) groups excluding carboxylic acids is 1. The molecule has 1 fully saturated rings. The molecule has 1 amide bonds. The fourth-order valence-corrected chi connectivity index (χ4v) is 2.34. The number of non-ortho nitro benzene ring substituents is 1. The van der Waals surface area contributed by atoms with Gasteiger partial charge in [-0.05, 0) is 32.4 Å². The molecule has 0 aromatic heterocycles. The van der Waals surface area contributed by atoms with Crippen LogP contribution in [0.15, 0.2) is 18.2 Å². The number of nitrogens with zero attached hydrogens (tertiary/aromatic N) is 1. The lowest BCUT2D eigenvalue weighted by Crippen LogP contribution is -2.46. The van der Waals surface area contributed by atoms with Gasteiger partial charge in [0, 0.05) is 23.7 Å². The number of nitro groups is 1. The molecule has 0 aliphatic carbocycles. The van der Waals surface area contributed by atoms with E-state index in [9.17, 15) is 19.3 Å². The number of halogens is 1. The van der Waals surface area contributed by atoms with Crippen molar-refractivity contribution < 1.29 is 14.1 Å². The SMILES string of the molecule is CC1CC(NC(=O)c2cc(F)cc([N+](=O)[O-])c2)CCN1. The molecule has 2 unspecified atom stereocenters. The molecule has 1 saturated heterocycles. The Morgan fingerprint density at radius 1 is 1.50 bits per heavy atom. The van der Waals surface area contributed by atoms with Gasteiger partial charge in [0.15, 0.2) is 0 Å².